The second kappa shape index (κ2) is 9.90. The monoisotopic (exact) mass is 447 g/mol. The molecular weight excluding hydrogens is 422 g/mol. The molecule has 1 N–H and O–H groups in total. The first kappa shape index (κ1) is 21.9. The number of methoxy groups -OCH3 is 2. The van der Waals surface area contributed by atoms with Gasteiger partial charge >= 0.3 is 0 Å². The van der Waals surface area contributed by atoms with Crippen molar-refractivity contribution in [2.75, 3.05) is 19.5 Å². The Labute approximate surface area is 191 Å². The molecule has 0 aliphatic heterocycles. The van der Waals surface area contributed by atoms with Gasteiger partial charge in [-0.25, -0.2) is 4.68 Å². The number of aryl methyl sites for hydroxylation is 1. The van der Waals surface area contributed by atoms with Gasteiger partial charge in [0.2, 0.25) is 5.75 Å². The summed E-state index contributed by atoms with van der Waals surface area (Å²) in [4.78, 5) is 12.6. The number of para-hydroxylation sites is 1. The van der Waals surface area contributed by atoms with Crippen molar-refractivity contribution in [2.24, 2.45) is 0 Å². The van der Waals surface area contributed by atoms with Gasteiger partial charge in [0.25, 0.3) is 5.91 Å². The van der Waals surface area contributed by atoms with Crippen LogP contribution >= 0.6 is 0 Å². The first-order chi connectivity index (χ1) is 16.1. The number of carbonyl (C=O) groups excluding carboxylic acids is 1. The zero-order chi connectivity index (χ0) is 23.2. The lowest BCUT2D eigenvalue weighted by Gasteiger charge is -2.13. The van der Waals surface area contributed by atoms with Crippen LogP contribution in [0.4, 0.5) is 5.82 Å². The molecule has 0 spiro atoms. The zero-order valence-corrected chi connectivity index (χ0v) is 18.7. The van der Waals surface area contributed by atoms with E-state index in [1.807, 2.05) is 24.4 Å². The van der Waals surface area contributed by atoms with Gasteiger partial charge in [0.1, 0.15) is 0 Å². The van der Waals surface area contributed by atoms with Crippen LogP contribution in [-0.2, 0) is 13.3 Å². The van der Waals surface area contributed by atoms with Crippen molar-refractivity contribution >= 4 is 11.7 Å². The van der Waals surface area contributed by atoms with E-state index < -0.39 is 0 Å². The number of anilines is 1. The maximum absolute atomic E-state index is 12.6. The number of benzene rings is 2. The summed E-state index contributed by atoms with van der Waals surface area (Å²) in [5.74, 6) is 1.65. The molecule has 0 saturated carbocycles. The smallest absolute Gasteiger partial charge is 0.277 e. The number of carbonyl (C=O) groups is 1. The van der Waals surface area contributed by atoms with E-state index in [2.05, 4.69) is 34.6 Å². The lowest BCUT2D eigenvalue weighted by molar-refractivity contribution is 0.101. The van der Waals surface area contributed by atoms with Crippen LogP contribution in [0.1, 0.15) is 21.6 Å². The Balaban J connectivity index is 1.37. The summed E-state index contributed by atoms with van der Waals surface area (Å²) in [6, 6.07) is 16.9. The number of hydrogen-bond donors (Lipinski definition) is 1. The molecule has 9 nitrogen and oxygen atoms in total. The van der Waals surface area contributed by atoms with E-state index in [-0.39, 0.29) is 18.3 Å². The molecular formula is C24H25N5O4. The van der Waals surface area contributed by atoms with Gasteiger partial charge in [0.15, 0.2) is 29.7 Å². The van der Waals surface area contributed by atoms with Crippen LogP contribution in [0.25, 0.3) is 0 Å². The predicted octanol–water partition coefficient (Wildman–Crippen LogP) is 3.74. The normalized spacial score (nSPS) is 10.6. The van der Waals surface area contributed by atoms with Gasteiger partial charge in [-0.1, -0.05) is 30.3 Å². The Morgan fingerprint density at radius 2 is 1.64 bits per heavy atom. The van der Waals surface area contributed by atoms with Crippen molar-refractivity contribution in [1.29, 1.82) is 0 Å². The summed E-state index contributed by atoms with van der Waals surface area (Å²) >= 11 is 0. The number of aromatic nitrogens is 4. The highest BCUT2D eigenvalue weighted by Gasteiger charge is 2.14. The number of ether oxygens (including phenoxy) is 3. The molecule has 2 heterocycles. The first-order valence-electron chi connectivity index (χ1n) is 10.3. The number of amides is 1. The van der Waals surface area contributed by atoms with E-state index in [1.165, 1.54) is 15.8 Å². The van der Waals surface area contributed by atoms with Crippen LogP contribution in [0.3, 0.4) is 0 Å². The van der Waals surface area contributed by atoms with Gasteiger partial charge in [-0.3, -0.25) is 9.48 Å². The summed E-state index contributed by atoms with van der Waals surface area (Å²) < 4.78 is 19.8. The Bertz CT molecular complexity index is 1220. The number of nitrogens with zero attached hydrogens (tertiary/aromatic N) is 4. The van der Waals surface area contributed by atoms with Gasteiger partial charge in [-0.15, -0.1) is 0 Å². The minimum Gasteiger partial charge on any atom is -0.493 e. The minimum atomic E-state index is -0.357. The lowest BCUT2D eigenvalue weighted by Crippen LogP contribution is -2.15. The zero-order valence-electron chi connectivity index (χ0n) is 18.7. The van der Waals surface area contributed by atoms with Crippen molar-refractivity contribution in [2.45, 2.75) is 20.2 Å². The minimum absolute atomic E-state index is 0.0784. The predicted molar refractivity (Wildman–Crippen MR) is 123 cm³/mol. The van der Waals surface area contributed by atoms with E-state index in [1.54, 1.807) is 49.4 Å². The Hall–Kier alpha value is -4.27. The van der Waals surface area contributed by atoms with Crippen LogP contribution in [0.2, 0.25) is 0 Å². The van der Waals surface area contributed by atoms with Crippen LogP contribution in [0, 0.1) is 6.92 Å². The molecule has 4 aromatic rings. The van der Waals surface area contributed by atoms with E-state index in [0.29, 0.717) is 29.6 Å². The fourth-order valence-corrected chi connectivity index (χ4v) is 3.30. The second-order valence-electron chi connectivity index (χ2n) is 7.28. The Morgan fingerprint density at radius 1 is 0.909 bits per heavy atom. The van der Waals surface area contributed by atoms with Gasteiger partial charge in [0.05, 0.1) is 20.8 Å². The van der Waals surface area contributed by atoms with Crippen LogP contribution < -0.4 is 19.5 Å². The molecule has 2 aromatic carbocycles. The molecule has 0 radical (unpaired) electrons. The van der Waals surface area contributed by atoms with Crippen LogP contribution in [0.15, 0.2) is 67.0 Å². The molecule has 9 heteroatoms. The highest BCUT2D eigenvalue weighted by molar-refractivity contribution is 6.02. The molecule has 0 fully saturated rings. The molecule has 0 aliphatic rings. The van der Waals surface area contributed by atoms with Crippen LogP contribution in [-0.4, -0.2) is 39.7 Å². The quantitative estimate of drug-likeness (QED) is 0.420. The summed E-state index contributed by atoms with van der Waals surface area (Å²) in [5, 5.41) is 11.5. The number of hydrogen-bond acceptors (Lipinski definition) is 6. The average Bonchev–Trinajstić information content (AvgIpc) is 3.48. The second-order valence-corrected chi connectivity index (χ2v) is 7.28. The SMILES string of the molecule is COc1cccc(OC)c1OCn1ccc(C(=O)Nc2ccn(Cc3ccccc3C)n2)n1. The fourth-order valence-electron chi connectivity index (χ4n) is 3.30. The summed E-state index contributed by atoms with van der Waals surface area (Å²) in [7, 11) is 3.11. The summed E-state index contributed by atoms with van der Waals surface area (Å²) in [6.07, 6.45) is 3.49. The molecule has 33 heavy (non-hydrogen) atoms. The van der Waals surface area contributed by atoms with Gasteiger partial charge in [-0.05, 0) is 36.2 Å². The Kier molecular flexibility index (Phi) is 6.58. The standard InChI is InChI=1S/C24H25N5O4/c1-17-7-4-5-8-18(17)15-28-14-12-22(27-28)25-24(30)19-11-13-29(26-19)16-33-23-20(31-2)9-6-10-21(23)32-3/h4-14H,15-16H2,1-3H3,(H,25,27,30). The van der Waals surface area contributed by atoms with E-state index in [4.69, 9.17) is 14.2 Å². The third kappa shape index (κ3) is 5.15. The molecule has 1 amide bonds. The van der Waals surface area contributed by atoms with Crippen molar-refractivity contribution in [3.05, 3.63) is 83.8 Å². The van der Waals surface area contributed by atoms with E-state index in [0.717, 1.165) is 0 Å². The third-order valence-electron chi connectivity index (χ3n) is 5.07. The third-order valence-corrected chi connectivity index (χ3v) is 5.07. The molecule has 0 unspecified atom stereocenters. The van der Waals surface area contributed by atoms with Crippen molar-refractivity contribution in [1.82, 2.24) is 19.6 Å². The maximum atomic E-state index is 12.6. The fraction of sp³-hybridized carbons (Fsp3) is 0.208. The van der Waals surface area contributed by atoms with E-state index in [9.17, 15) is 4.79 Å². The summed E-state index contributed by atoms with van der Waals surface area (Å²) in [5.41, 5.74) is 2.61. The van der Waals surface area contributed by atoms with E-state index >= 15 is 0 Å². The van der Waals surface area contributed by atoms with Crippen molar-refractivity contribution < 1.29 is 19.0 Å². The number of rotatable bonds is 9. The van der Waals surface area contributed by atoms with Gasteiger partial charge in [-0.2, -0.15) is 10.2 Å². The van der Waals surface area contributed by atoms with Gasteiger partial charge < -0.3 is 19.5 Å². The maximum Gasteiger partial charge on any atom is 0.277 e. The number of nitrogens with one attached hydrogen (secondary N) is 1. The molecule has 0 aliphatic carbocycles. The molecule has 0 saturated heterocycles. The molecule has 2 aromatic heterocycles. The van der Waals surface area contributed by atoms with Crippen molar-refractivity contribution in [3.8, 4) is 17.2 Å². The van der Waals surface area contributed by atoms with Crippen molar-refractivity contribution in [3.63, 3.8) is 0 Å². The van der Waals surface area contributed by atoms with Gasteiger partial charge in [0, 0.05) is 18.5 Å². The first-order valence-corrected chi connectivity index (χ1v) is 10.3. The largest absolute Gasteiger partial charge is 0.493 e. The highest BCUT2D eigenvalue weighted by Crippen LogP contribution is 2.36. The highest BCUT2D eigenvalue weighted by atomic mass is 16.5. The summed E-state index contributed by atoms with van der Waals surface area (Å²) in [6.45, 7) is 2.77. The lowest BCUT2D eigenvalue weighted by atomic mass is 10.1. The molecule has 0 atom stereocenters. The average molecular weight is 447 g/mol. The Morgan fingerprint density at radius 3 is 2.36 bits per heavy atom. The van der Waals surface area contributed by atoms with Crippen LogP contribution in [0.5, 0.6) is 17.2 Å². The topological polar surface area (TPSA) is 92.4 Å². The molecule has 170 valence electrons. The molecule has 4 rings (SSSR count). The molecule has 0 bridgehead atoms.